The topological polar surface area (TPSA) is 63.1 Å². The van der Waals surface area contributed by atoms with Crippen molar-refractivity contribution in [3.8, 4) is 0 Å². The molecule has 0 saturated heterocycles. The minimum absolute atomic E-state index is 0.0485. The fraction of sp³-hybridized carbons (Fsp3) is 0.364. The van der Waals surface area contributed by atoms with Crippen molar-refractivity contribution in [1.29, 1.82) is 0 Å². The fourth-order valence-electron chi connectivity index (χ4n) is 1.21. The van der Waals surface area contributed by atoms with E-state index in [4.69, 9.17) is 5.11 Å². The predicted octanol–water partition coefficient (Wildman–Crippen LogP) is 2.12. The van der Waals surface area contributed by atoms with E-state index in [0.717, 1.165) is 0 Å². The molecule has 4 heteroatoms. The van der Waals surface area contributed by atoms with E-state index in [0.29, 0.717) is 11.4 Å². The quantitative estimate of drug-likeness (QED) is 0.805. The number of carbonyl (C=O) groups is 1. The van der Waals surface area contributed by atoms with E-state index >= 15 is 0 Å². The molecule has 1 rings (SSSR count). The van der Waals surface area contributed by atoms with Gasteiger partial charge < -0.3 is 5.11 Å². The molecule has 0 fully saturated rings. The van der Waals surface area contributed by atoms with E-state index in [9.17, 15) is 4.79 Å². The van der Waals surface area contributed by atoms with Gasteiger partial charge in [0.05, 0.1) is 0 Å². The standard InChI is InChI=1S/C11H14N2O2/c1-5-8-12-6-7(11(2,3)4)9(13-8)10(14)15/h5-6H,1H2,2-4H3,(H,14,15). The van der Waals surface area contributed by atoms with Crippen LogP contribution in [0.15, 0.2) is 12.8 Å². The Kier molecular flexibility index (Phi) is 2.88. The number of carboxylic acid groups (broad SMARTS) is 1. The second kappa shape index (κ2) is 3.81. The molecule has 80 valence electrons. The van der Waals surface area contributed by atoms with Crippen molar-refractivity contribution in [2.24, 2.45) is 0 Å². The maximum absolute atomic E-state index is 11.0. The second-order valence-electron chi connectivity index (χ2n) is 4.25. The smallest absolute Gasteiger partial charge is 0.354 e. The number of hydrogen-bond donors (Lipinski definition) is 1. The van der Waals surface area contributed by atoms with Crippen molar-refractivity contribution in [1.82, 2.24) is 9.97 Å². The Labute approximate surface area is 88.7 Å². The van der Waals surface area contributed by atoms with Gasteiger partial charge in [0.1, 0.15) is 0 Å². The first kappa shape index (κ1) is 11.4. The van der Waals surface area contributed by atoms with Crippen LogP contribution in [0, 0.1) is 0 Å². The van der Waals surface area contributed by atoms with Gasteiger partial charge in [-0.2, -0.15) is 0 Å². The van der Waals surface area contributed by atoms with Crippen molar-refractivity contribution in [2.45, 2.75) is 26.2 Å². The summed E-state index contributed by atoms with van der Waals surface area (Å²) >= 11 is 0. The SMILES string of the molecule is C=Cc1ncc(C(C)(C)C)c(C(=O)O)n1. The average molecular weight is 206 g/mol. The first-order chi connectivity index (χ1) is 6.86. The van der Waals surface area contributed by atoms with Gasteiger partial charge in [-0.15, -0.1) is 0 Å². The Balaban J connectivity index is 3.40. The summed E-state index contributed by atoms with van der Waals surface area (Å²) in [4.78, 5) is 19.0. The lowest BCUT2D eigenvalue weighted by Crippen LogP contribution is -2.19. The van der Waals surface area contributed by atoms with Crippen LogP contribution < -0.4 is 0 Å². The summed E-state index contributed by atoms with van der Waals surface area (Å²) in [6.45, 7) is 9.27. The lowest BCUT2D eigenvalue weighted by Gasteiger charge is -2.19. The molecule has 0 radical (unpaired) electrons. The van der Waals surface area contributed by atoms with Crippen molar-refractivity contribution in [2.75, 3.05) is 0 Å². The molecule has 4 nitrogen and oxygen atoms in total. The first-order valence-electron chi connectivity index (χ1n) is 4.59. The first-order valence-corrected chi connectivity index (χ1v) is 4.59. The Morgan fingerprint density at radius 3 is 2.53 bits per heavy atom. The highest BCUT2D eigenvalue weighted by molar-refractivity contribution is 5.87. The molecule has 0 atom stereocenters. The molecule has 0 aromatic carbocycles. The molecule has 0 saturated carbocycles. The van der Waals surface area contributed by atoms with Crippen LogP contribution in [0.1, 0.15) is 42.6 Å². The highest BCUT2D eigenvalue weighted by Gasteiger charge is 2.23. The molecule has 1 aromatic rings. The Morgan fingerprint density at radius 2 is 2.13 bits per heavy atom. The average Bonchev–Trinajstić information content (AvgIpc) is 2.15. The highest BCUT2D eigenvalue weighted by Crippen LogP contribution is 2.24. The molecule has 0 aliphatic carbocycles. The molecule has 0 aliphatic rings. The van der Waals surface area contributed by atoms with Gasteiger partial charge in [-0.1, -0.05) is 27.4 Å². The van der Waals surface area contributed by atoms with Gasteiger partial charge in [0, 0.05) is 11.8 Å². The van der Waals surface area contributed by atoms with Crippen LogP contribution in [0.3, 0.4) is 0 Å². The number of rotatable bonds is 2. The van der Waals surface area contributed by atoms with E-state index in [1.165, 1.54) is 6.08 Å². The van der Waals surface area contributed by atoms with Gasteiger partial charge in [0.15, 0.2) is 11.5 Å². The third kappa shape index (κ3) is 2.40. The predicted molar refractivity (Wildman–Crippen MR) is 57.8 cm³/mol. The van der Waals surface area contributed by atoms with E-state index in [-0.39, 0.29) is 11.1 Å². The van der Waals surface area contributed by atoms with Crippen molar-refractivity contribution >= 4 is 12.0 Å². The molecular formula is C11H14N2O2. The minimum atomic E-state index is -1.04. The maximum Gasteiger partial charge on any atom is 0.354 e. The van der Waals surface area contributed by atoms with Gasteiger partial charge >= 0.3 is 5.97 Å². The number of nitrogens with zero attached hydrogens (tertiary/aromatic N) is 2. The van der Waals surface area contributed by atoms with Crippen LogP contribution in [0.25, 0.3) is 6.08 Å². The lowest BCUT2D eigenvalue weighted by atomic mass is 9.87. The summed E-state index contributed by atoms with van der Waals surface area (Å²) in [6.07, 6.45) is 2.98. The van der Waals surface area contributed by atoms with Gasteiger partial charge in [-0.05, 0) is 11.5 Å². The Morgan fingerprint density at radius 1 is 1.53 bits per heavy atom. The number of aromatic carboxylic acids is 1. The lowest BCUT2D eigenvalue weighted by molar-refractivity contribution is 0.0687. The van der Waals surface area contributed by atoms with Gasteiger partial charge in [-0.25, -0.2) is 14.8 Å². The summed E-state index contributed by atoms with van der Waals surface area (Å²) in [7, 11) is 0. The van der Waals surface area contributed by atoms with Crippen LogP contribution in [-0.4, -0.2) is 21.0 Å². The van der Waals surface area contributed by atoms with E-state index in [1.54, 1.807) is 6.20 Å². The monoisotopic (exact) mass is 206 g/mol. The van der Waals surface area contributed by atoms with Gasteiger partial charge in [0.2, 0.25) is 0 Å². The van der Waals surface area contributed by atoms with E-state index < -0.39 is 5.97 Å². The summed E-state index contributed by atoms with van der Waals surface area (Å²) in [6, 6.07) is 0. The molecule has 0 amide bonds. The molecule has 1 heterocycles. The Hall–Kier alpha value is -1.71. The molecule has 0 unspecified atom stereocenters. The number of carboxylic acids is 1. The summed E-state index contributed by atoms with van der Waals surface area (Å²) < 4.78 is 0. The summed E-state index contributed by atoms with van der Waals surface area (Å²) in [5.41, 5.74) is 0.390. The van der Waals surface area contributed by atoms with Crippen molar-refractivity contribution in [3.05, 3.63) is 29.9 Å². The third-order valence-corrected chi connectivity index (χ3v) is 2.00. The zero-order valence-electron chi connectivity index (χ0n) is 9.11. The molecule has 15 heavy (non-hydrogen) atoms. The molecule has 1 N–H and O–H groups in total. The zero-order chi connectivity index (χ0) is 11.6. The summed E-state index contributed by atoms with van der Waals surface area (Å²) in [5.74, 6) is -0.703. The highest BCUT2D eigenvalue weighted by atomic mass is 16.4. The zero-order valence-corrected chi connectivity index (χ0v) is 9.11. The normalized spacial score (nSPS) is 11.1. The molecule has 1 aromatic heterocycles. The Bertz CT molecular complexity index is 406. The van der Waals surface area contributed by atoms with Gasteiger partial charge in [-0.3, -0.25) is 0 Å². The van der Waals surface area contributed by atoms with E-state index in [2.05, 4.69) is 16.5 Å². The fourth-order valence-corrected chi connectivity index (χ4v) is 1.21. The van der Waals surface area contributed by atoms with Crippen molar-refractivity contribution in [3.63, 3.8) is 0 Å². The van der Waals surface area contributed by atoms with Crippen LogP contribution in [0.4, 0.5) is 0 Å². The van der Waals surface area contributed by atoms with Crippen LogP contribution in [-0.2, 0) is 5.41 Å². The molecular weight excluding hydrogens is 192 g/mol. The third-order valence-electron chi connectivity index (χ3n) is 2.00. The largest absolute Gasteiger partial charge is 0.476 e. The van der Waals surface area contributed by atoms with E-state index in [1.807, 2.05) is 20.8 Å². The maximum atomic E-state index is 11.0. The minimum Gasteiger partial charge on any atom is -0.476 e. The van der Waals surface area contributed by atoms with Crippen LogP contribution in [0.5, 0.6) is 0 Å². The van der Waals surface area contributed by atoms with Crippen LogP contribution in [0.2, 0.25) is 0 Å². The van der Waals surface area contributed by atoms with Crippen LogP contribution >= 0.6 is 0 Å². The van der Waals surface area contributed by atoms with Crippen molar-refractivity contribution < 1.29 is 9.90 Å². The second-order valence-corrected chi connectivity index (χ2v) is 4.25. The molecule has 0 aliphatic heterocycles. The molecule has 0 spiro atoms. The van der Waals surface area contributed by atoms with Gasteiger partial charge in [0.25, 0.3) is 0 Å². The number of aromatic nitrogens is 2. The number of hydrogen-bond acceptors (Lipinski definition) is 3. The molecule has 0 bridgehead atoms. The summed E-state index contributed by atoms with van der Waals surface area (Å²) in [5, 5.41) is 9.02.